The van der Waals surface area contributed by atoms with Crippen molar-refractivity contribution in [2.75, 3.05) is 24.5 Å². The van der Waals surface area contributed by atoms with Crippen molar-refractivity contribution in [1.29, 1.82) is 0 Å². The van der Waals surface area contributed by atoms with E-state index in [1.165, 1.54) is 12.8 Å². The van der Waals surface area contributed by atoms with Crippen molar-refractivity contribution >= 4 is 11.7 Å². The van der Waals surface area contributed by atoms with E-state index < -0.39 is 0 Å². The van der Waals surface area contributed by atoms with Gasteiger partial charge in [0.1, 0.15) is 0 Å². The first-order valence-corrected chi connectivity index (χ1v) is 15.5. The van der Waals surface area contributed by atoms with Crippen LogP contribution in [0.15, 0.2) is 33.3 Å². The SMILES string of the molecule is O=C(N1CCC(O)CC1)N(CC12CCC(c3nc(C4CC4)no3)(CC1)CC2)c1cccc(-c2nc(C3CC3)no2)c1. The van der Waals surface area contributed by atoms with Gasteiger partial charge < -0.3 is 19.1 Å². The summed E-state index contributed by atoms with van der Waals surface area (Å²) in [6.07, 6.45) is 11.6. The second kappa shape index (κ2) is 9.64. The van der Waals surface area contributed by atoms with Crippen LogP contribution >= 0.6 is 0 Å². The maximum absolute atomic E-state index is 14.1. The Morgan fingerprint density at radius 3 is 2.24 bits per heavy atom. The van der Waals surface area contributed by atoms with Crippen LogP contribution in [0, 0.1) is 5.41 Å². The number of likely N-dealkylation sites (tertiary alicyclic amines) is 1. The molecule has 3 heterocycles. The molecule has 0 spiro atoms. The monoisotopic (exact) mass is 558 g/mol. The molecule has 1 saturated heterocycles. The lowest BCUT2D eigenvalue weighted by Crippen LogP contribution is -2.54. The summed E-state index contributed by atoms with van der Waals surface area (Å²) >= 11 is 0. The minimum atomic E-state index is -0.331. The van der Waals surface area contributed by atoms with Crippen LogP contribution in [0.25, 0.3) is 11.5 Å². The molecule has 2 amide bonds. The molecule has 1 aliphatic heterocycles. The highest BCUT2D eigenvalue weighted by molar-refractivity contribution is 5.93. The van der Waals surface area contributed by atoms with Gasteiger partial charge in [-0.2, -0.15) is 9.97 Å². The number of aromatic nitrogens is 4. The lowest BCUT2D eigenvalue weighted by molar-refractivity contribution is 0.0277. The number of carbonyl (C=O) groups excluding carboxylic acids is 1. The van der Waals surface area contributed by atoms with Crippen molar-refractivity contribution in [3.05, 3.63) is 41.8 Å². The highest BCUT2D eigenvalue weighted by atomic mass is 16.5. The Kier molecular flexibility index (Phi) is 5.98. The van der Waals surface area contributed by atoms with E-state index in [0.717, 1.165) is 80.2 Å². The molecular formula is C31H38N6O4. The zero-order valence-electron chi connectivity index (χ0n) is 23.5. The average molecular weight is 559 g/mol. The third-order valence-corrected chi connectivity index (χ3v) is 10.5. The molecule has 2 bridgehead atoms. The van der Waals surface area contributed by atoms with Gasteiger partial charge in [0.05, 0.1) is 6.10 Å². The zero-order valence-corrected chi connectivity index (χ0v) is 23.5. The van der Waals surface area contributed by atoms with E-state index in [4.69, 9.17) is 14.0 Å². The first kappa shape index (κ1) is 25.4. The summed E-state index contributed by atoms with van der Waals surface area (Å²) in [6, 6.07) is 8.00. The summed E-state index contributed by atoms with van der Waals surface area (Å²) in [4.78, 5) is 27.5. The number of rotatable bonds is 7. The molecule has 6 aliphatic rings. The summed E-state index contributed by atoms with van der Waals surface area (Å²) in [6.45, 7) is 1.81. The Hall–Kier alpha value is -3.27. The number of aliphatic hydroxyl groups is 1. The Morgan fingerprint density at radius 2 is 1.56 bits per heavy atom. The number of hydrogen-bond acceptors (Lipinski definition) is 8. The number of hydrogen-bond donors (Lipinski definition) is 1. The predicted octanol–water partition coefficient (Wildman–Crippen LogP) is 5.55. The lowest BCUT2D eigenvalue weighted by Gasteiger charge is -2.53. The molecule has 0 atom stereocenters. The van der Waals surface area contributed by atoms with Crippen LogP contribution in [0.5, 0.6) is 0 Å². The molecule has 9 rings (SSSR count). The van der Waals surface area contributed by atoms with Crippen LogP contribution in [0.3, 0.4) is 0 Å². The number of nitrogens with zero attached hydrogens (tertiary/aromatic N) is 6. The van der Waals surface area contributed by atoms with Gasteiger partial charge in [0.25, 0.3) is 5.89 Å². The Balaban J connectivity index is 1.05. The molecule has 2 aromatic heterocycles. The number of benzene rings is 1. The van der Waals surface area contributed by atoms with E-state index >= 15 is 0 Å². The van der Waals surface area contributed by atoms with Gasteiger partial charge >= 0.3 is 6.03 Å². The van der Waals surface area contributed by atoms with E-state index in [1.807, 2.05) is 34.1 Å². The van der Waals surface area contributed by atoms with E-state index in [1.54, 1.807) is 0 Å². The summed E-state index contributed by atoms with van der Waals surface area (Å²) in [5.41, 5.74) is 1.72. The summed E-state index contributed by atoms with van der Waals surface area (Å²) in [7, 11) is 0. The number of piperidine rings is 1. The van der Waals surface area contributed by atoms with Crippen molar-refractivity contribution < 1.29 is 18.9 Å². The van der Waals surface area contributed by atoms with Gasteiger partial charge in [0.2, 0.25) is 5.89 Å². The Bertz CT molecular complexity index is 1410. The van der Waals surface area contributed by atoms with Crippen LogP contribution in [0.1, 0.15) is 106 Å². The predicted molar refractivity (Wildman–Crippen MR) is 149 cm³/mol. The molecular weight excluding hydrogens is 520 g/mol. The molecule has 0 radical (unpaired) electrons. The normalized spacial score (nSPS) is 28.3. The van der Waals surface area contributed by atoms with Crippen LogP contribution in [0.2, 0.25) is 0 Å². The fourth-order valence-electron chi connectivity index (χ4n) is 7.28. The van der Waals surface area contributed by atoms with E-state index in [2.05, 4.69) is 15.3 Å². The van der Waals surface area contributed by atoms with Crippen molar-refractivity contribution in [2.45, 2.75) is 100 Å². The number of amides is 2. The number of fused-ring (bicyclic) bond motifs is 3. The van der Waals surface area contributed by atoms with Crippen LogP contribution < -0.4 is 4.90 Å². The quantitative estimate of drug-likeness (QED) is 0.401. The fraction of sp³-hybridized carbons (Fsp3) is 0.645. The van der Waals surface area contributed by atoms with Gasteiger partial charge in [-0.15, -0.1) is 0 Å². The van der Waals surface area contributed by atoms with E-state index in [9.17, 15) is 9.90 Å². The first-order valence-electron chi connectivity index (χ1n) is 15.5. The van der Waals surface area contributed by atoms with Gasteiger partial charge in [-0.1, -0.05) is 16.4 Å². The summed E-state index contributed by atoms with van der Waals surface area (Å²) in [5, 5.41) is 18.6. The lowest BCUT2D eigenvalue weighted by atomic mass is 9.53. The topological polar surface area (TPSA) is 122 Å². The van der Waals surface area contributed by atoms with Crippen LogP contribution in [-0.2, 0) is 5.41 Å². The standard InChI is InChI=1S/C31H38N6O4/c38-24-8-16-36(17-9-24)29(39)37(23-3-1-2-22(18-23)27-32-25(34-40-27)20-4-5-20)19-30-10-13-31(14-11-30,15-12-30)28-33-26(35-41-28)21-6-7-21/h1-3,18,20-21,24,38H,4-17,19H2. The fourth-order valence-corrected chi connectivity index (χ4v) is 7.28. The maximum Gasteiger partial charge on any atom is 0.324 e. The largest absolute Gasteiger partial charge is 0.393 e. The van der Waals surface area contributed by atoms with E-state index in [-0.39, 0.29) is 23.0 Å². The molecule has 3 aromatic rings. The molecule has 216 valence electrons. The summed E-state index contributed by atoms with van der Waals surface area (Å²) < 4.78 is 11.5. The number of aliphatic hydroxyl groups excluding tert-OH is 1. The van der Waals surface area contributed by atoms with Crippen molar-refractivity contribution in [3.8, 4) is 11.5 Å². The molecule has 5 saturated carbocycles. The van der Waals surface area contributed by atoms with Crippen molar-refractivity contribution in [2.24, 2.45) is 5.41 Å². The molecule has 41 heavy (non-hydrogen) atoms. The Morgan fingerprint density at radius 1 is 0.902 bits per heavy atom. The Labute approximate surface area is 239 Å². The molecule has 1 aromatic carbocycles. The highest BCUT2D eigenvalue weighted by Crippen LogP contribution is 2.58. The number of carbonyl (C=O) groups is 1. The third-order valence-electron chi connectivity index (χ3n) is 10.5. The van der Waals surface area contributed by atoms with Crippen LogP contribution in [0.4, 0.5) is 10.5 Å². The van der Waals surface area contributed by atoms with Gasteiger partial charge in [0, 0.05) is 48.1 Å². The maximum atomic E-state index is 14.1. The molecule has 10 heteroatoms. The van der Waals surface area contributed by atoms with Crippen molar-refractivity contribution in [1.82, 2.24) is 25.2 Å². The zero-order chi connectivity index (χ0) is 27.6. The van der Waals surface area contributed by atoms with Gasteiger partial charge in [-0.3, -0.25) is 4.90 Å². The van der Waals surface area contributed by atoms with Gasteiger partial charge in [-0.05, 0) is 101 Å². The second-order valence-corrected chi connectivity index (χ2v) is 13.4. The minimum absolute atomic E-state index is 0.0148. The van der Waals surface area contributed by atoms with Crippen LogP contribution in [-0.4, -0.2) is 62.1 Å². The molecule has 0 unspecified atom stereocenters. The average Bonchev–Trinajstić information content (AvgIpc) is 3.95. The molecule has 1 N–H and O–H groups in total. The molecule has 10 nitrogen and oxygen atoms in total. The van der Waals surface area contributed by atoms with E-state index in [0.29, 0.717) is 50.2 Å². The highest BCUT2D eigenvalue weighted by Gasteiger charge is 2.53. The number of urea groups is 1. The minimum Gasteiger partial charge on any atom is -0.393 e. The van der Waals surface area contributed by atoms with Gasteiger partial charge in [-0.25, -0.2) is 4.79 Å². The smallest absolute Gasteiger partial charge is 0.324 e. The third kappa shape index (κ3) is 4.73. The second-order valence-electron chi connectivity index (χ2n) is 13.4. The molecule has 6 fully saturated rings. The first-order chi connectivity index (χ1) is 20.0. The number of anilines is 1. The molecule has 5 aliphatic carbocycles. The van der Waals surface area contributed by atoms with Crippen molar-refractivity contribution in [3.63, 3.8) is 0 Å². The van der Waals surface area contributed by atoms with Gasteiger partial charge in [0.15, 0.2) is 11.6 Å². The summed E-state index contributed by atoms with van der Waals surface area (Å²) in [5.74, 6) is 3.93.